The highest BCUT2D eigenvalue weighted by molar-refractivity contribution is 5.40. The highest BCUT2D eigenvalue weighted by Gasteiger charge is 2.66. The lowest BCUT2D eigenvalue weighted by molar-refractivity contribution is -0.163. The Morgan fingerprint density at radius 1 is 0.971 bits per heavy atom. The van der Waals surface area contributed by atoms with Crippen molar-refractivity contribution in [3.63, 3.8) is 0 Å². The van der Waals surface area contributed by atoms with Gasteiger partial charge in [0.15, 0.2) is 0 Å². The van der Waals surface area contributed by atoms with Gasteiger partial charge in [0.2, 0.25) is 0 Å². The molecule has 0 aromatic carbocycles. The standard InChI is InChI=1S/C30H52O5/c1-17(9-12-23(32)27(4,5)35)18-13-14-29(7)19-10-11-22-26(2,3)25(34)21(31)16-28(22,6)20(19)15-24(33)30(18,29)8/h17-18,21-25,31-35H,9-16H2,1-8H3/t17-,18-,21-,22?,23-,24+,25+,28-,29-,30+/m1/s1. The highest BCUT2D eigenvalue weighted by Crippen LogP contribution is 2.72. The minimum absolute atomic E-state index is 0.0903. The fourth-order valence-corrected chi connectivity index (χ4v) is 9.75. The molecule has 5 heteroatoms. The third-order valence-electron chi connectivity index (χ3n) is 12.2. The maximum atomic E-state index is 11.9. The van der Waals surface area contributed by atoms with Crippen molar-refractivity contribution in [1.29, 1.82) is 0 Å². The van der Waals surface area contributed by atoms with E-state index in [1.165, 1.54) is 11.1 Å². The fraction of sp³-hybridized carbons (Fsp3) is 0.933. The summed E-state index contributed by atoms with van der Waals surface area (Å²) in [5.41, 5.74) is 0.884. The number of aliphatic hydroxyl groups is 5. The molecule has 0 aliphatic heterocycles. The molecule has 4 aliphatic carbocycles. The van der Waals surface area contributed by atoms with E-state index in [2.05, 4.69) is 41.5 Å². The summed E-state index contributed by atoms with van der Waals surface area (Å²) in [6.45, 7) is 16.8. The van der Waals surface area contributed by atoms with Gasteiger partial charge in [0.1, 0.15) is 0 Å². The number of rotatable bonds is 5. The van der Waals surface area contributed by atoms with Gasteiger partial charge in [-0.1, -0.05) is 52.7 Å². The Labute approximate surface area is 213 Å². The molecule has 10 atom stereocenters. The molecule has 35 heavy (non-hydrogen) atoms. The molecule has 0 aromatic rings. The van der Waals surface area contributed by atoms with E-state index in [4.69, 9.17) is 0 Å². The predicted octanol–water partition coefficient (Wildman–Crippen LogP) is 4.59. The monoisotopic (exact) mass is 492 g/mol. The van der Waals surface area contributed by atoms with Crippen molar-refractivity contribution in [2.45, 2.75) is 137 Å². The van der Waals surface area contributed by atoms with Crippen LogP contribution in [-0.2, 0) is 0 Å². The second-order valence-electron chi connectivity index (χ2n) is 14.7. The zero-order chi connectivity index (χ0) is 26.4. The Morgan fingerprint density at radius 3 is 2.20 bits per heavy atom. The molecule has 202 valence electrons. The lowest BCUT2D eigenvalue weighted by atomic mass is 9.42. The summed E-state index contributed by atoms with van der Waals surface area (Å²) in [4.78, 5) is 0. The minimum Gasteiger partial charge on any atom is -0.392 e. The van der Waals surface area contributed by atoms with Gasteiger partial charge in [0, 0.05) is 5.41 Å². The lowest BCUT2D eigenvalue weighted by Crippen LogP contribution is -2.61. The Hall–Kier alpha value is -0.460. The average Bonchev–Trinajstić information content (AvgIpc) is 3.03. The van der Waals surface area contributed by atoms with Crippen molar-refractivity contribution < 1.29 is 25.5 Å². The van der Waals surface area contributed by atoms with Crippen LogP contribution < -0.4 is 0 Å². The first-order valence-corrected chi connectivity index (χ1v) is 14.1. The molecule has 0 bridgehead atoms. The van der Waals surface area contributed by atoms with Crippen LogP contribution in [0.15, 0.2) is 11.1 Å². The molecular weight excluding hydrogens is 440 g/mol. The molecule has 0 spiro atoms. The molecule has 1 unspecified atom stereocenters. The normalized spacial score (nSPS) is 47.1. The molecular formula is C30H52O5. The van der Waals surface area contributed by atoms with Crippen LogP contribution in [-0.4, -0.2) is 55.5 Å². The fourth-order valence-electron chi connectivity index (χ4n) is 9.75. The van der Waals surface area contributed by atoms with Gasteiger partial charge in [-0.05, 0) is 99.2 Å². The van der Waals surface area contributed by atoms with Gasteiger partial charge in [0.25, 0.3) is 0 Å². The molecule has 5 N–H and O–H groups in total. The summed E-state index contributed by atoms with van der Waals surface area (Å²) in [5, 5.41) is 54.2. The van der Waals surface area contributed by atoms with E-state index in [-0.39, 0.29) is 27.6 Å². The molecule has 5 nitrogen and oxygen atoms in total. The van der Waals surface area contributed by atoms with Crippen molar-refractivity contribution >= 4 is 0 Å². The molecule has 0 saturated heterocycles. The van der Waals surface area contributed by atoms with Gasteiger partial charge in [-0.15, -0.1) is 0 Å². The zero-order valence-electron chi connectivity index (χ0n) is 23.4. The Morgan fingerprint density at radius 2 is 1.60 bits per heavy atom. The van der Waals surface area contributed by atoms with Crippen LogP contribution >= 0.6 is 0 Å². The van der Waals surface area contributed by atoms with E-state index in [0.29, 0.717) is 31.1 Å². The van der Waals surface area contributed by atoms with E-state index in [1.807, 2.05) is 0 Å². The van der Waals surface area contributed by atoms with Crippen molar-refractivity contribution in [2.24, 2.45) is 39.4 Å². The lowest BCUT2D eigenvalue weighted by Gasteiger charge is -2.63. The largest absolute Gasteiger partial charge is 0.392 e. The van der Waals surface area contributed by atoms with E-state index in [9.17, 15) is 25.5 Å². The molecule has 0 radical (unpaired) electrons. The van der Waals surface area contributed by atoms with Gasteiger partial charge in [0.05, 0.1) is 30.0 Å². The number of fused-ring (bicyclic) bond motifs is 4. The number of allylic oxidation sites excluding steroid dienone is 1. The van der Waals surface area contributed by atoms with Gasteiger partial charge >= 0.3 is 0 Å². The zero-order valence-corrected chi connectivity index (χ0v) is 23.4. The summed E-state index contributed by atoms with van der Waals surface area (Å²) in [6.07, 6.45) is 4.11. The quantitative estimate of drug-likeness (QED) is 0.362. The second-order valence-corrected chi connectivity index (χ2v) is 14.7. The van der Waals surface area contributed by atoms with Crippen molar-refractivity contribution in [3.05, 3.63) is 11.1 Å². The third kappa shape index (κ3) is 3.81. The predicted molar refractivity (Wildman–Crippen MR) is 139 cm³/mol. The van der Waals surface area contributed by atoms with Gasteiger partial charge in [-0.2, -0.15) is 0 Å². The van der Waals surface area contributed by atoms with Crippen LogP contribution in [0.3, 0.4) is 0 Å². The third-order valence-corrected chi connectivity index (χ3v) is 12.2. The first-order chi connectivity index (χ1) is 15.9. The summed E-state index contributed by atoms with van der Waals surface area (Å²) >= 11 is 0. The van der Waals surface area contributed by atoms with Crippen LogP contribution in [0.25, 0.3) is 0 Å². The number of aliphatic hydroxyl groups excluding tert-OH is 4. The first-order valence-electron chi connectivity index (χ1n) is 14.1. The smallest absolute Gasteiger partial charge is 0.0853 e. The van der Waals surface area contributed by atoms with E-state index in [0.717, 1.165) is 32.1 Å². The van der Waals surface area contributed by atoms with Crippen molar-refractivity contribution in [2.75, 3.05) is 0 Å². The van der Waals surface area contributed by atoms with Crippen LogP contribution in [0.5, 0.6) is 0 Å². The van der Waals surface area contributed by atoms with Crippen LogP contribution in [0.2, 0.25) is 0 Å². The Kier molecular flexibility index (Phi) is 6.72. The van der Waals surface area contributed by atoms with Gasteiger partial charge < -0.3 is 25.5 Å². The molecule has 0 heterocycles. The molecule has 0 aromatic heterocycles. The summed E-state index contributed by atoms with van der Waals surface area (Å²) in [5.74, 6) is 0.978. The maximum Gasteiger partial charge on any atom is 0.0853 e. The molecule has 0 amide bonds. The van der Waals surface area contributed by atoms with Crippen molar-refractivity contribution in [3.8, 4) is 0 Å². The van der Waals surface area contributed by atoms with E-state index >= 15 is 0 Å². The van der Waals surface area contributed by atoms with Crippen molar-refractivity contribution in [1.82, 2.24) is 0 Å². The second kappa shape index (κ2) is 8.53. The SMILES string of the molecule is C[C@H](CC[C@@H](O)C(C)(C)O)[C@H]1CC[C@]2(C)C3=C(C[C@H](O)[C@]12C)[C@@]1(C)C[C@@H](O)[C@H](O)C(C)(C)C1CC3. The Bertz CT molecular complexity index is 857. The average molecular weight is 493 g/mol. The molecule has 4 rings (SSSR count). The molecule has 4 aliphatic rings. The minimum atomic E-state index is -1.10. The van der Waals surface area contributed by atoms with Crippen LogP contribution in [0.4, 0.5) is 0 Å². The summed E-state index contributed by atoms with van der Waals surface area (Å²) < 4.78 is 0. The Balaban J connectivity index is 1.67. The maximum absolute atomic E-state index is 11.9. The van der Waals surface area contributed by atoms with Gasteiger partial charge in [-0.3, -0.25) is 0 Å². The van der Waals surface area contributed by atoms with Gasteiger partial charge in [-0.25, -0.2) is 0 Å². The summed E-state index contributed by atoms with van der Waals surface area (Å²) in [6, 6.07) is 0. The van der Waals surface area contributed by atoms with E-state index in [1.54, 1.807) is 13.8 Å². The van der Waals surface area contributed by atoms with Crippen LogP contribution in [0.1, 0.15) is 107 Å². The number of hydrogen-bond acceptors (Lipinski definition) is 5. The highest BCUT2D eigenvalue weighted by atomic mass is 16.3. The molecule has 2 fully saturated rings. The first kappa shape index (κ1) is 27.6. The van der Waals surface area contributed by atoms with E-state index < -0.39 is 30.0 Å². The number of hydrogen-bond donors (Lipinski definition) is 5. The summed E-state index contributed by atoms with van der Waals surface area (Å²) in [7, 11) is 0. The van der Waals surface area contributed by atoms with Crippen LogP contribution in [0, 0.1) is 39.4 Å². The molecule has 2 saturated carbocycles. The topological polar surface area (TPSA) is 101 Å².